The van der Waals surface area contributed by atoms with E-state index in [-0.39, 0.29) is 17.0 Å². The molecule has 10 heteroatoms. The van der Waals surface area contributed by atoms with Gasteiger partial charge < -0.3 is 5.11 Å². The van der Waals surface area contributed by atoms with Crippen LogP contribution in [0.5, 0.6) is 0 Å². The average Bonchev–Trinajstić information content (AvgIpc) is 2.82. The summed E-state index contributed by atoms with van der Waals surface area (Å²) in [5, 5.41) is 13.0. The van der Waals surface area contributed by atoms with Crippen molar-refractivity contribution < 1.29 is 18.3 Å². The molecule has 21 heavy (non-hydrogen) atoms. The van der Waals surface area contributed by atoms with Crippen molar-refractivity contribution >= 4 is 38.6 Å². The Labute approximate surface area is 134 Å². The molecule has 0 aliphatic rings. The van der Waals surface area contributed by atoms with Crippen LogP contribution >= 0.6 is 22.6 Å². The SMILES string of the molecule is Cn1cnc(CNS(=O)(=O)c2ccc(I)c(C(=O)O)c2)n1. The number of hydrogen-bond donors (Lipinski definition) is 2. The minimum Gasteiger partial charge on any atom is -0.478 e. The summed E-state index contributed by atoms with van der Waals surface area (Å²) in [6, 6.07) is 3.91. The van der Waals surface area contributed by atoms with Crippen LogP contribution < -0.4 is 4.72 Å². The number of aromatic nitrogens is 3. The largest absolute Gasteiger partial charge is 0.478 e. The van der Waals surface area contributed by atoms with Crippen molar-refractivity contribution in [1.82, 2.24) is 19.5 Å². The average molecular weight is 422 g/mol. The number of hydrogen-bond acceptors (Lipinski definition) is 5. The minimum atomic E-state index is -3.83. The highest BCUT2D eigenvalue weighted by molar-refractivity contribution is 14.1. The molecule has 0 saturated heterocycles. The Morgan fingerprint density at radius 2 is 2.19 bits per heavy atom. The Morgan fingerprint density at radius 1 is 1.48 bits per heavy atom. The monoisotopic (exact) mass is 422 g/mol. The summed E-state index contributed by atoms with van der Waals surface area (Å²) in [4.78, 5) is 14.8. The maximum atomic E-state index is 12.1. The number of halogens is 1. The molecule has 1 aromatic heterocycles. The van der Waals surface area contributed by atoms with Crippen molar-refractivity contribution in [3.05, 3.63) is 39.5 Å². The number of sulfonamides is 1. The number of carboxylic acids is 1. The lowest BCUT2D eigenvalue weighted by Crippen LogP contribution is -2.24. The molecule has 0 aliphatic heterocycles. The van der Waals surface area contributed by atoms with Crippen LogP contribution in [0.25, 0.3) is 0 Å². The van der Waals surface area contributed by atoms with Crippen molar-refractivity contribution in [1.29, 1.82) is 0 Å². The Bertz CT molecular complexity index is 787. The summed E-state index contributed by atoms with van der Waals surface area (Å²) in [5.74, 6) is -0.854. The maximum Gasteiger partial charge on any atom is 0.336 e. The van der Waals surface area contributed by atoms with Gasteiger partial charge in [0.1, 0.15) is 6.33 Å². The second-order valence-corrected chi connectivity index (χ2v) is 7.03. The van der Waals surface area contributed by atoms with Crippen LogP contribution in [-0.2, 0) is 23.6 Å². The Morgan fingerprint density at radius 3 is 2.76 bits per heavy atom. The zero-order valence-corrected chi connectivity index (χ0v) is 13.8. The first-order chi connectivity index (χ1) is 9.79. The molecule has 1 aromatic carbocycles. The van der Waals surface area contributed by atoms with Crippen molar-refractivity contribution in [2.45, 2.75) is 11.4 Å². The molecule has 112 valence electrons. The van der Waals surface area contributed by atoms with E-state index in [0.29, 0.717) is 9.39 Å². The Kier molecular flexibility index (Phi) is 4.58. The van der Waals surface area contributed by atoms with Crippen LogP contribution in [0.15, 0.2) is 29.4 Å². The normalized spacial score (nSPS) is 11.5. The number of carboxylic acid groups (broad SMARTS) is 1. The number of nitrogens with one attached hydrogen (secondary N) is 1. The number of aromatic carboxylic acids is 1. The summed E-state index contributed by atoms with van der Waals surface area (Å²) >= 11 is 1.84. The Balaban J connectivity index is 2.23. The topological polar surface area (TPSA) is 114 Å². The molecule has 0 fully saturated rings. The zero-order valence-electron chi connectivity index (χ0n) is 10.8. The molecule has 0 amide bonds. The summed E-state index contributed by atoms with van der Waals surface area (Å²) in [7, 11) is -2.16. The first-order valence-corrected chi connectivity index (χ1v) is 8.23. The first kappa shape index (κ1) is 15.9. The van der Waals surface area contributed by atoms with Crippen molar-refractivity contribution in [3.63, 3.8) is 0 Å². The standard InChI is InChI=1S/C11H11IN4O4S/c1-16-6-13-10(15-16)5-14-21(19,20)7-2-3-9(12)8(4-7)11(17)18/h2-4,6,14H,5H2,1H3,(H,17,18). The molecule has 0 bridgehead atoms. The summed E-state index contributed by atoms with van der Waals surface area (Å²) < 4.78 is 28.5. The zero-order chi connectivity index (χ0) is 15.6. The van der Waals surface area contributed by atoms with E-state index in [1.54, 1.807) is 7.05 Å². The third-order valence-electron chi connectivity index (χ3n) is 2.55. The van der Waals surface area contributed by atoms with Crippen LogP contribution in [-0.4, -0.2) is 34.3 Å². The number of carbonyl (C=O) groups is 1. The lowest BCUT2D eigenvalue weighted by atomic mass is 10.2. The lowest BCUT2D eigenvalue weighted by Gasteiger charge is -2.07. The second-order valence-electron chi connectivity index (χ2n) is 4.11. The molecule has 0 saturated carbocycles. The molecule has 2 N–H and O–H groups in total. The highest BCUT2D eigenvalue weighted by atomic mass is 127. The minimum absolute atomic E-state index is 0.0607. The van der Waals surface area contributed by atoms with Gasteiger partial charge in [0.25, 0.3) is 0 Å². The number of rotatable bonds is 5. The van der Waals surface area contributed by atoms with E-state index in [9.17, 15) is 13.2 Å². The predicted octanol–water partition coefficient (Wildman–Crippen LogP) is 0.596. The first-order valence-electron chi connectivity index (χ1n) is 5.66. The summed E-state index contributed by atoms with van der Waals surface area (Å²) in [6.07, 6.45) is 1.46. The van der Waals surface area contributed by atoms with E-state index in [0.717, 1.165) is 6.07 Å². The van der Waals surface area contributed by atoms with Gasteiger partial charge in [-0.2, -0.15) is 5.10 Å². The maximum absolute atomic E-state index is 12.1. The lowest BCUT2D eigenvalue weighted by molar-refractivity contribution is 0.0695. The van der Waals surface area contributed by atoms with Gasteiger partial charge in [0.15, 0.2) is 5.82 Å². The van der Waals surface area contributed by atoms with E-state index in [1.165, 1.54) is 23.1 Å². The van der Waals surface area contributed by atoms with Crippen molar-refractivity contribution in [3.8, 4) is 0 Å². The fraction of sp³-hybridized carbons (Fsp3) is 0.182. The Hall–Kier alpha value is -1.53. The van der Waals surface area contributed by atoms with Crippen LogP contribution in [0, 0.1) is 3.57 Å². The molecule has 8 nitrogen and oxygen atoms in total. The van der Waals surface area contributed by atoms with Crippen LogP contribution in [0.2, 0.25) is 0 Å². The molecular weight excluding hydrogens is 411 g/mol. The van der Waals surface area contributed by atoms with Crippen LogP contribution in [0.4, 0.5) is 0 Å². The number of aryl methyl sites for hydroxylation is 1. The third kappa shape index (κ3) is 3.77. The number of nitrogens with zero attached hydrogens (tertiary/aromatic N) is 3. The van der Waals surface area contributed by atoms with E-state index < -0.39 is 16.0 Å². The van der Waals surface area contributed by atoms with Crippen LogP contribution in [0.3, 0.4) is 0 Å². The fourth-order valence-corrected chi connectivity index (χ4v) is 3.12. The van der Waals surface area contributed by atoms with Gasteiger partial charge in [0.2, 0.25) is 10.0 Å². The van der Waals surface area contributed by atoms with E-state index >= 15 is 0 Å². The summed E-state index contributed by atoms with van der Waals surface area (Å²) in [5.41, 5.74) is -0.0607. The molecule has 2 rings (SSSR count). The molecule has 1 heterocycles. The quantitative estimate of drug-likeness (QED) is 0.683. The number of benzene rings is 1. The third-order valence-corrected chi connectivity index (χ3v) is 4.89. The molecule has 0 aliphatic carbocycles. The molecular formula is C11H11IN4O4S. The smallest absolute Gasteiger partial charge is 0.336 e. The van der Waals surface area contributed by atoms with E-state index in [1.807, 2.05) is 22.6 Å². The van der Waals surface area contributed by atoms with Gasteiger partial charge >= 0.3 is 5.97 Å². The molecule has 0 atom stereocenters. The highest BCUT2D eigenvalue weighted by Crippen LogP contribution is 2.18. The van der Waals surface area contributed by atoms with Gasteiger partial charge in [0.05, 0.1) is 17.0 Å². The van der Waals surface area contributed by atoms with Gasteiger partial charge in [-0.1, -0.05) is 0 Å². The van der Waals surface area contributed by atoms with Gasteiger partial charge in [0, 0.05) is 10.6 Å². The van der Waals surface area contributed by atoms with E-state index in [2.05, 4.69) is 14.8 Å². The van der Waals surface area contributed by atoms with Crippen LogP contribution in [0.1, 0.15) is 16.2 Å². The summed E-state index contributed by atoms with van der Waals surface area (Å²) in [6.45, 7) is -0.0719. The predicted molar refractivity (Wildman–Crippen MR) is 81.1 cm³/mol. The van der Waals surface area contributed by atoms with Crippen molar-refractivity contribution in [2.75, 3.05) is 0 Å². The van der Waals surface area contributed by atoms with Gasteiger partial charge in [-0.3, -0.25) is 4.68 Å². The van der Waals surface area contributed by atoms with Gasteiger partial charge in [-0.25, -0.2) is 22.9 Å². The van der Waals surface area contributed by atoms with Gasteiger partial charge in [-0.05, 0) is 40.8 Å². The molecule has 0 spiro atoms. The molecule has 0 unspecified atom stereocenters. The van der Waals surface area contributed by atoms with Crippen molar-refractivity contribution in [2.24, 2.45) is 7.05 Å². The van der Waals surface area contributed by atoms with Gasteiger partial charge in [-0.15, -0.1) is 0 Å². The van der Waals surface area contributed by atoms with E-state index in [4.69, 9.17) is 5.11 Å². The second kappa shape index (κ2) is 6.07. The fourth-order valence-electron chi connectivity index (χ4n) is 1.54. The molecule has 2 aromatic rings. The highest BCUT2D eigenvalue weighted by Gasteiger charge is 2.18. The molecule has 0 radical (unpaired) electrons.